The van der Waals surface area contributed by atoms with Gasteiger partial charge in [0.2, 0.25) is 0 Å². The summed E-state index contributed by atoms with van der Waals surface area (Å²) in [5.41, 5.74) is 2.66. The van der Waals surface area contributed by atoms with E-state index in [0.717, 1.165) is 17.1 Å². The van der Waals surface area contributed by atoms with Crippen molar-refractivity contribution in [2.45, 2.75) is 0 Å². The Kier molecular flexibility index (Phi) is 2.57. The Hall–Kier alpha value is -2.20. The molecule has 0 saturated heterocycles. The fraction of sp³-hybridized carbons (Fsp3) is 0. The van der Waals surface area contributed by atoms with Crippen LogP contribution in [0.5, 0.6) is 0 Å². The summed E-state index contributed by atoms with van der Waals surface area (Å²) in [5.74, 6) is 0. The molecular weight excluding hydrogens is 250 g/mol. The van der Waals surface area contributed by atoms with Crippen LogP contribution in [0.1, 0.15) is 0 Å². The van der Waals surface area contributed by atoms with E-state index in [0.29, 0.717) is 5.02 Å². The van der Waals surface area contributed by atoms with Gasteiger partial charge in [0.05, 0.1) is 22.1 Å². The van der Waals surface area contributed by atoms with E-state index in [2.05, 4.69) is 10.6 Å². The van der Waals surface area contributed by atoms with Gasteiger partial charge in [0.25, 0.3) is 0 Å². The molecule has 1 aliphatic rings. The van der Waals surface area contributed by atoms with Crippen LogP contribution in [0.2, 0.25) is 5.02 Å². The number of hydrogen-bond donors (Lipinski definition) is 2. The standard InChI is InChI=1S/C13H10ClN3O/c14-10-7-11-12(16-4-3-15-11)8-13(10)17-5-1-9(18)2-6-17/h1-8,15-16H. The van der Waals surface area contributed by atoms with Crippen molar-refractivity contribution >= 4 is 23.0 Å². The molecule has 0 unspecified atom stereocenters. The fourth-order valence-electron chi connectivity index (χ4n) is 1.83. The monoisotopic (exact) mass is 259 g/mol. The highest BCUT2D eigenvalue weighted by atomic mass is 35.5. The molecule has 2 N–H and O–H groups in total. The Bertz CT molecular complexity index is 671. The number of rotatable bonds is 1. The number of halogens is 1. The van der Waals surface area contributed by atoms with Crippen LogP contribution in [0.4, 0.5) is 11.4 Å². The van der Waals surface area contributed by atoms with E-state index in [1.807, 2.05) is 22.9 Å². The third-order valence-electron chi connectivity index (χ3n) is 2.72. The summed E-state index contributed by atoms with van der Waals surface area (Å²) in [6.07, 6.45) is 7.01. The Balaban J connectivity index is 2.13. The van der Waals surface area contributed by atoms with Crippen LogP contribution in [0, 0.1) is 0 Å². The van der Waals surface area contributed by atoms with Crippen LogP contribution in [0.15, 0.2) is 53.9 Å². The Morgan fingerprint density at radius 1 is 1.00 bits per heavy atom. The summed E-state index contributed by atoms with van der Waals surface area (Å²) in [6.45, 7) is 0. The van der Waals surface area contributed by atoms with Gasteiger partial charge in [-0.1, -0.05) is 11.6 Å². The quantitative estimate of drug-likeness (QED) is 0.828. The Labute approximate surface area is 109 Å². The first-order valence-corrected chi connectivity index (χ1v) is 5.82. The molecule has 1 aliphatic heterocycles. The van der Waals surface area contributed by atoms with Crippen LogP contribution in [-0.2, 0) is 0 Å². The van der Waals surface area contributed by atoms with Crippen molar-refractivity contribution < 1.29 is 0 Å². The number of nitrogens with zero attached hydrogens (tertiary/aromatic N) is 1. The molecule has 4 nitrogen and oxygen atoms in total. The lowest BCUT2D eigenvalue weighted by Crippen LogP contribution is -2.06. The van der Waals surface area contributed by atoms with Gasteiger partial charge >= 0.3 is 0 Å². The van der Waals surface area contributed by atoms with Crippen LogP contribution in [-0.4, -0.2) is 4.57 Å². The minimum absolute atomic E-state index is 0.0249. The molecule has 0 bridgehead atoms. The van der Waals surface area contributed by atoms with E-state index in [9.17, 15) is 4.79 Å². The normalized spacial score (nSPS) is 12.5. The van der Waals surface area contributed by atoms with E-state index in [1.165, 1.54) is 12.1 Å². The van der Waals surface area contributed by atoms with Gasteiger partial charge in [-0.15, -0.1) is 0 Å². The minimum Gasteiger partial charge on any atom is -0.359 e. The Morgan fingerprint density at radius 3 is 2.28 bits per heavy atom. The average Bonchev–Trinajstić information content (AvgIpc) is 2.39. The summed E-state index contributed by atoms with van der Waals surface area (Å²) < 4.78 is 1.81. The maximum Gasteiger partial charge on any atom is 0.181 e. The smallest absolute Gasteiger partial charge is 0.181 e. The minimum atomic E-state index is -0.0249. The number of nitrogens with one attached hydrogen (secondary N) is 2. The number of hydrogen-bond acceptors (Lipinski definition) is 3. The van der Waals surface area contributed by atoms with Crippen LogP contribution < -0.4 is 16.1 Å². The summed E-state index contributed by atoms with van der Waals surface area (Å²) in [5, 5.41) is 6.85. The second-order valence-electron chi connectivity index (χ2n) is 3.91. The largest absolute Gasteiger partial charge is 0.359 e. The second-order valence-corrected chi connectivity index (χ2v) is 4.32. The highest BCUT2D eigenvalue weighted by Gasteiger charge is 2.10. The number of benzene rings is 1. The van der Waals surface area contributed by atoms with E-state index in [4.69, 9.17) is 11.6 Å². The van der Waals surface area contributed by atoms with E-state index >= 15 is 0 Å². The molecule has 0 amide bonds. The molecular formula is C13H10ClN3O. The zero-order valence-electron chi connectivity index (χ0n) is 9.35. The number of pyridine rings is 1. The fourth-order valence-corrected chi connectivity index (χ4v) is 2.10. The van der Waals surface area contributed by atoms with Crippen molar-refractivity contribution in [2.75, 3.05) is 10.6 Å². The molecule has 1 aromatic carbocycles. The molecule has 0 fully saturated rings. The molecule has 90 valence electrons. The lowest BCUT2D eigenvalue weighted by Gasteiger charge is -2.17. The molecule has 0 aliphatic carbocycles. The van der Waals surface area contributed by atoms with Crippen molar-refractivity contribution in [3.8, 4) is 5.69 Å². The lowest BCUT2D eigenvalue weighted by atomic mass is 10.2. The van der Waals surface area contributed by atoms with Gasteiger partial charge in [0.15, 0.2) is 5.43 Å². The highest BCUT2D eigenvalue weighted by Crippen LogP contribution is 2.33. The van der Waals surface area contributed by atoms with Gasteiger partial charge in [-0.2, -0.15) is 0 Å². The van der Waals surface area contributed by atoms with Crippen LogP contribution in [0.3, 0.4) is 0 Å². The summed E-state index contributed by atoms with van der Waals surface area (Å²) in [7, 11) is 0. The van der Waals surface area contributed by atoms with Gasteiger partial charge in [0.1, 0.15) is 0 Å². The molecule has 3 rings (SSSR count). The molecule has 0 spiro atoms. The van der Waals surface area contributed by atoms with Crippen molar-refractivity contribution in [3.05, 3.63) is 64.3 Å². The van der Waals surface area contributed by atoms with Crippen LogP contribution in [0.25, 0.3) is 5.69 Å². The zero-order chi connectivity index (χ0) is 12.5. The molecule has 0 atom stereocenters. The van der Waals surface area contributed by atoms with E-state index in [1.54, 1.807) is 18.6 Å². The summed E-state index contributed by atoms with van der Waals surface area (Å²) in [4.78, 5) is 11.1. The van der Waals surface area contributed by atoms with E-state index < -0.39 is 0 Å². The predicted octanol–water partition coefficient (Wildman–Crippen LogP) is 2.80. The number of anilines is 2. The van der Waals surface area contributed by atoms with Gasteiger partial charge in [-0.3, -0.25) is 4.79 Å². The first kappa shape index (κ1) is 10.9. The Morgan fingerprint density at radius 2 is 1.61 bits per heavy atom. The van der Waals surface area contributed by atoms with E-state index in [-0.39, 0.29) is 5.43 Å². The highest BCUT2D eigenvalue weighted by molar-refractivity contribution is 6.33. The maximum absolute atomic E-state index is 11.1. The second kappa shape index (κ2) is 4.23. The van der Waals surface area contributed by atoms with Crippen molar-refractivity contribution in [3.63, 3.8) is 0 Å². The number of aromatic nitrogens is 1. The third kappa shape index (κ3) is 1.87. The van der Waals surface area contributed by atoms with Crippen molar-refractivity contribution in [1.82, 2.24) is 4.57 Å². The van der Waals surface area contributed by atoms with Crippen LogP contribution >= 0.6 is 11.6 Å². The number of fused-ring (bicyclic) bond motifs is 1. The average molecular weight is 260 g/mol. The molecule has 2 heterocycles. The molecule has 1 aromatic heterocycles. The third-order valence-corrected chi connectivity index (χ3v) is 3.03. The first-order valence-electron chi connectivity index (χ1n) is 5.44. The van der Waals surface area contributed by atoms with Gasteiger partial charge in [-0.25, -0.2) is 0 Å². The van der Waals surface area contributed by atoms with Crippen molar-refractivity contribution in [1.29, 1.82) is 0 Å². The zero-order valence-corrected chi connectivity index (χ0v) is 10.1. The SMILES string of the molecule is O=c1ccn(-c2cc3c(cc2Cl)NC=CN3)cc1. The lowest BCUT2D eigenvalue weighted by molar-refractivity contribution is 1.04. The topological polar surface area (TPSA) is 46.1 Å². The molecule has 0 saturated carbocycles. The first-order chi connectivity index (χ1) is 8.74. The predicted molar refractivity (Wildman–Crippen MR) is 73.4 cm³/mol. The summed E-state index contributed by atoms with van der Waals surface area (Å²) in [6, 6.07) is 6.78. The molecule has 2 aromatic rings. The molecule has 5 heteroatoms. The molecule has 18 heavy (non-hydrogen) atoms. The summed E-state index contributed by atoms with van der Waals surface area (Å²) >= 11 is 6.24. The van der Waals surface area contributed by atoms with Crippen molar-refractivity contribution in [2.24, 2.45) is 0 Å². The van der Waals surface area contributed by atoms with Gasteiger partial charge in [-0.05, 0) is 12.1 Å². The van der Waals surface area contributed by atoms with Gasteiger partial charge < -0.3 is 15.2 Å². The van der Waals surface area contributed by atoms with Gasteiger partial charge in [0, 0.05) is 36.9 Å². The maximum atomic E-state index is 11.1. The molecule has 0 radical (unpaired) electrons.